The molecule has 0 spiro atoms. The SMILES string of the molecule is C=C1C=CCc2cccc(-c3ccc4c(c3)Oc3ccccc3-c3ccccc3OC3CC(c5ccccc5)C=CC43)c2O1. The number of fused-ring (bicyclic) bond motifs is 7. The summed E-state index contributed by atoms with van der Waals surface area (Å²) in [6.45, 7) is 4.08. The summed E-state index contributed by atoms with van der Waals surface area (Å²) < 4.78 is 20.2. The molecule has 44 heavy (non-hydrogen) atoms. The second-order valence-corrected chi connectivity index (χ2v) is 11.6. The van der Waals surface area contributed by atoms with Gasteiger partial charge in [0.2, 0.25) is 0 Å². The lowest BCUT2D eigenvalue weighted by atomic mass is 9.78. The normalized spacial score (nSPS) is 19.8. The zero-order valence-corrected chi connectivity index (χ0v) is 24.4. The molecule has 8 rings (SSSR count). The van der Waals surface area contributed by atoms with Gasteiger partial charge >= 0.3 is 0 Å². The van der Waals surface area contributed by atoms with Crippen molar-refractivity contribution in [2.75, 3.05) is 0 Å². The quantitative estimate of drug-likeness (QED) is 0.197. The van der Waals surface area contributed by atoms with Crippen LogP contribution in [-0.2, 0) is 6.42 Å². The molecule has 0 radical (unpaired) electrons. The molecule has 3 aliphatic rings. The predicted molar refractivity (Wildman–Crippen MR) is 177 cm³/mol. The van der Waals surface area contributed by atoms with Crippen LogP contribution in [-0.4, -0.2) is 6.10 Å². The summed E-state index contributed by atoms with van der Waals surface area (Å²) in [5.41, 5.74) is 7.62. The van der Waals surface area contributed by atoms with Crippen molar-refractivity contribution in [1.29, 1.82) is 0 Å². The second kappa shape index (κ2) is 11.1. The van der Waals surface area contributed by atoms with E-state index < -0.39 is 0 Å². The van der Waals surface area contributed by atoms with Crippen LogP contribution in [0, 0.1) is 0 Å². The van der Waals surface area contributed by atoms with E-state index in [2.05, 4.69) is 122 Å². The van der Waals surface area contributed by atoms with Crippen molar-refractivity contribution in [1.82, 2.24) is 0 Å². The maximum Gasteiger partial charge on any atom is 0.138 e. The molecule has 0 fully saturated rings. The summed E-state index contributed by atoms with van der Waals surface area (Å²) in [7, 11) is 0. The van der Waals surface area contributed by atoms with Crippen LogP contribution in [0.3, 0.4) is 0 Å². The molecule has 3 unspecified atom stereocenters. The lowest BCUT2D eigenvalue weighted by Crippen LogP contribution is -2.30. The monoisotopic (exact) mass is 572 g/mol. The Kier molecular flexibility index (Phi) is 6.64. The lowest BCUT2D eigenvalue weighted by molar-refractivity contribution is 0.164. The molecule has 5 aromatic carbocycles. The summed E-state index contributed by atoms with van der Waals surface area (Å²) in [5, 5.41) is 0. The van der Waals surface area contributed by atoms with Gasteiger partial charge in [0, 0.05) is 34.1 Å². The third kappa shape index (κ3) is 4.81. The van der Waals surface area contributed by atoms with Crippen LogP contribution in [0.1, 0.15) is 34.9 Å². The maximum atomic E-state index is 7.01. The first-order valence-corrected chi connectivity index (χ1v) is 15.3. The molecule has 2 aliphatic heterocycles. The molecule has 0 aromatic heterocycles. The van der Waals surface area contributed by atoms with E-state index >= 15 is 0 Å². The highest BCUT2D eigenvalue weighted by Crippen LogP contribution is 2.48. The van der Waals surface area contributed by atoms with Crippen molar-refractivity contribution < 1.29 is 14.2 Å². The van der Waals surface area contributed by atoms with E-state index in [1.807, 2.05) is 24.3 Å². The smallest absolute Gasteiger partial charge is 0.138 e. The van der Waals surface area contributed by atoms with Crippen LogP contribution in [0.4, 0.5) is 0 Å². The number of ether oxygens (including phenoxy) is 3. The lowest BCUT2D eigenvalue weighted by Gasteiger charge is -2.35. The van der Waals surface area contributed by atoms with Crippen LogP contribution in [0.25, 0.3) is 22.3 Å². The summed E-state index contributed by atoms with van der Waals surface area (Å²) in [5.74, 6) is 4.24. The van der Waals surface area contributed by atoms with Gasteiger partial charge in [0.05, 0.1) is 0 Å². The Morgan fingerprint density at radius 2 is 1.39 bits per heavy atom. The number of benzene rings is 5. The van der Waals surface area contributed by atoms with Crippen molar-refractivity contribution >= 4 is 0 Å². The van der Waals surface area contributed by atoms with E-state index in [4.69, 9.17) is 14.2 Å². The van der Waals surface area contributed by atoms with Gasteiger partial charge in [-0.25, -0.2) is 0 Å². The minimum absolute atomic E-state index is 0.00504. The second-order valence-electron chi connectivity index (χ2n) is 11.6. The van der Waals surface area contributed by atoms with E-state index in [0.29, 0.717) is 5.76 Å². The molecule has 0 saturated carbocycles. The van der Waals surface area contributed by atoms with E-state index in [-0.39, 0.29) is 17.9 Å². The fourth-order valence-electron chi connectivity index (χ4n) is 6.72. The zero-order chi connectivity index (χ0) is 29.5. The van der Waals surface area contributed by atoms with Crippen LogP contribution >= 0.6 is 0 Å². The van der Waals surface area contributed by atoms with Crippen LogP contribution in [0.2, 0.25) is 0 Å². The molecule has 2 heterocycles. The topological polar surface area (TPSA) is 27.7 Å². The molecule has 214 valence electrons. The Morgan fingerprint density at radius 3 is 2.25 bits per heavy atom. The Labute approximate surface area is 258 Å². The molecular formula is C41H32O3. The highest BCUT2D eigenvalue weighted by atomic mass is 16.5. The van der Waals surface area contributed by atoms with E-state index in [9.17, 15) is 0 Å². The highest BCUT2D eigenvalue weighted by Gasteiger charge is 2.34. The van der Waals surface area contributed by atoms with Crippen LogP contribution in [0.15, 0.2) is 152 Å². The standard InChI is InChI=1S/C41H32O3/c1-27-11-9-14-29-15-10-18-32(41(29)42-27)31-22-24-36-35-23-21-30(28-12-3-2-4-13-28)25-39(35)43-37-19-7-5-16-33(37)34-17-6-8-20-38(34)44-40(36)26-31/h2-13,15-24,26,30,35,39H,1,14,25H2. The highest BCUT2D eigenvalue weighted by molar-refractivity contribution is 5.78. The summed E-state index contributed by atoms with van der Waals surface area (Å²) in [4.78, 5) is 0. The van der Waals surface area contributed by atoms with Crippen molar-refractivity contribution in [3.05, 3.63) is 169 Å². The molecule has 0 bridgehead atoms. The average molecular weight is 573 g/mol. The summed E-state index contributed by atoms with van der Waals surface area (Å²) in [6.07, 6.45) is 10.3. The summed E-state index contributed by atoms with van der Waals surface area (Å²) in [6, 6.07) is 40.1. The minimum Gasteiger partial charge on any atom is -0.489 e. The fourth-order valence-corrected chi connectivity index (χ4v) is 6.72. The van der Waals surface area contributed by atoms with Crippen molar-refractivity contribution in [2.24, 2.45) is 0 Å². The van der Waals surface area contributed by atoms with Crippen molar-refractivity contribution in [2.45, 2.75) is 30.8 Å². The number of allylic oxidation sites excluding steroid dienone is 3. The third-order valence-electron chi connectivity index (χ3n) is 8.88. The van der Waals surface area contributed by atoms with Gasteiger partial charge in [0.15, 0.2) is 0 Å². The van der Waals surface area contributed by atoms with Crippen LogP contribution in [0.5, 0.6) is 23.0 Å². The Balaban J connectivity index is 1.30. The molecule has 0 saturated heterocycles. The number of para-hydroxylation sites is 3. The van der Waals surface area contributed by atoms with E-state index in [1.165, 1.54) is 5.56 Å². The van der Waals surface area contributed by atoms with E-state index in [1.54, 1.807) is 0 Å². The first kappa shape index (κ1) is 26.4. The van der Waals surface area contributed by atoms with Crippen molar-refractivity contribution in [3.63, 3.8) is 0 Å². The number of hydrogen-bond acceptors (Lipinski definition) is 3. The minimum atomic E-state index is -0.0875. The van der Waals surface area contributed by atoms with Gasteiger partial charge in [0.1, 0.15) is 34.9 Å². The predicted octanol–water partition coefficient (Wildman–Crippen LogP) is 10.4. The van der Waals surface area contributed by atoms with Crippen LogP contribution < -0.4 is 14.2 Å². The first-order valence-electron chi connectivity index (χ1n) is 15.3. The molecular weight excluding hydrogens is 540 g/mol. The van der Waals surface area contributed by atoms with Gasteiger partial charge in [-0.1, -0.05) is 122 Å². The molecule has 3 nitrogen and oxygen atoms in total. The van der Waals surface area contributed by atoms with Gasteiger partial charge in [-0.2, -0.15) is 0 Å². The molecule has 0 amide bonds. The van der Waals surface area contributed by atoms with E-state index in [0.717, 1.165) is 69.2 Å². The van der Waals surface area contributed by atoms with Gasteiger partial charge < -0.3 is 14.2 Å². The van der Waals surface area contributed by atoms with Gasteiger partial charge in [-0.05, 0) is 53.8 Å². The Bertz CT molecular complexity index is 1930. The van der Waals surface area contributed by atoms with Crippen molar-refractivity contribution in [3.8, 4) is 45.3 Å². The Morgan fingerprint density at radius 1 is 0.636 bits per heavy atom. The molecule has 1 aliphatic carbocycles. The molecule has 5 aromatic rings. The third-order valence-corrected chi connectivity index (χ3v) is 8.88. The van der Waals surface area contributed by atoms with Gasteiger partial charge in [-0.3, -0.25) is 0 Å². The average Bonchev–Trinajstić information content (AvgIpc) is 3.26. The maximum absolute atomic E-state index is 7.01. The fraction of sp³-hybridized carbons (Fsp3) is 0.122. The number of rotatable bonds is 2. The molecule has 3 atom stereocenters. The first-order chi connectivity index (χ1) is 21.7. The molecule has 0 N–H and O–H groups in total. The van der Waals surface area contributed by atoms with Gasteiger partial charge in [0.25, 0.3) is 0 Å². The largest absolute Gasteiger partial charge is 0.489 e. The Hall–Kier alpha value is -5.28. The number of hydrogen-bond donors (Lipinski definition) is 0. The summed E-state index contributed by atoms with van der Waals surface area (Å²) >= 11 is 0. The van der Waals surface area contributed by atoms with Gasteiger partial charge in [-0.15, -0.1) is 0 Å². The molecule has 3 heteroatoms. The zero-order valence-electron chi connectivity index (χ0n) is 24.4.